The van der Waals surface area contributed by atoms with Crippen LogP contribution >= 0.6 is 11.6 Å². The van der Waals surface area contributed by atoms with Crippen molar-refractivity contribution < 1.29 is 19.4 Å². The predicted molar refractivity (Wildman–Crippen MR) is 135 cm³/mol. The number of aliphatic hydroxyl groups excluding tert-OH is 1. The monoisotopic (exact) mass is 499 g/mol. The molecule has 1 amide bonds. The van der Waals surface area contributed by atoms with Gasteiger partial charge in [-0.2, -0.15) is 0 Å². The number of piperidine rings is 1. The number of anilines is 1. The van der Waals surface area contributed by atoms with Crippen LogP contribution in [0.3, 0.4) is 0 Å². The number of aromatic nitrogens is 1. The Morgan fingerprint density at radius 1 is 1.17 bits per heavy atom. The Morgan fingerprint density at radius 3 is 2.66 bits per heavy atom. The number of carbonyl (C=O) groups is 1. The summed E-state index contributed by atoms with van der Waals surface area (Å²) in [6, 6.07) is 6.13. The minimum Gasteiger partial charge on any atom is -0.389 e. The molecule has 3 saturated heterocycles. The Kier molecular flexibility index (Phi) is 6.05. The molecule has 8 heteroatoms. The van der Waals surface area contributed by atoms with Gasteiger partial charge in [0, 0.05) is 35.7 Å². The van der Waals surface area contributed by atoms with Gasteiger partial charge in [-0.15, -0.1) is 0 Å². The molecule has 1 saturated carbocycles. The van der Waals surface area contributed by atoms with Gasteiger partial charge in [0.1, 0.15) is 5.82 Å². The molecular weight excluding hydrogens is 466 g/mol. The van der Waals surface area contributed by atoms with Crippen LogP contribution in [-0.4, -0.2) is 72.1 Å². The Morgan fingerprint density at radius 2 is 1.94 bits per heavy atom. The van der Waals surface area contributed by atoms with Gasteiger partial charge in [-0.1, -0.05) is 11.6 Å². The van der Waals surface area contributed by atoms with Crippen molar-refractivity contribution in [2.45, 2.75) is 56.6 Å². The lowest BCUT2D eigenvalue weighted by Crippen LogP contribution is -2.56. The summed E-state index contributed by atoms with van der Waals surface area (Å²) in [5.74, 6) is 1.10. The first-order valence-corrected chi connectivity index (χ1v) is 13.2. The molecule has 3 atom stereocenters. The van der Waals surface area contributed by atoms with E-state index >= 15 is 0 Å². The zero-order valence-electron chi connectivity index (χ0n) is 20.3. The predicted octanol–water partition coefficient (Wildman–Crippen LogP) is 3.97. The molecule has 2 aromatic rings. The maximum absolute atomic E-state index is 12.9. The summed E-state index contributed by atoms with van der Waals surface area (Å²) in [6.07, 6.45) is 6.22. The molecule has 1 aliphatic carbocycles. The summed E-state index contributed by atoms with van der Waals surface area (Å²) < 4.78 is 11.0. The van der Waals surface area contributed by atoms with Gasteiger partial charge in [0.2, 0.25) is 5.91 Å². The number of ether oxygens (including phenoxy) is 2. The third-order valence-corrected chi connectivity index (χ3v) is 9.46. The van der Waals surface area contributed by atoms with Crippen LogP contribution in [0, 0.1) is 11.3 Å². The average molecular weight is 500 g/mol. The minimum absolute atomic E-state index is 0.0699. The molecule has 4 fully saturated rings. The van der Waals surface area contributed by atoms with E-state index in [4.69, 9.17) is 21.1 Å². The summed E-state index contributed by atoms with van der Waals surface area (Å²) in [5.41, 5.74) is 0.993. The van der Waals surface area contributed by atoms with Crippen molar-refractivity contribution in [2.24, 2.45) is 11.3 Å². The summed E-state index contributed by atoms with van der Waals surface area (Å²) in [7, 11) is 0. The second-order valence-electron chi connectivity index (χ2n) is 11.2. The van der Waals surface area contributed by atoms with Crippen LogP contribution in [0.25, 0.3) is 10.8 Å². The highest BCUT2D eigenvalue weighted by molar-refractivity contribution is 6.32. The quantitative estimate of drug-likeness (QED) is 0.662. The van der Waals surface area contributed by atoms with Crippen molar-refractivity contribution in [3.05, 3.63) is 35.0 Å². The first kappa shape index (κ1) is 23.6. The van der Waals surface area contributed by atoms with Gasteiger partial charge >= 0.3 is 0 Å². The van der Waals surface area contributed by atoms with E-state index in [0.29, 0.717) is 24.9 Å². The zero-order valence-corrected chi connectivity index (χ0v) is 21.0. The Bertz CT molecular complexity index is 1130. The number of pyridine rings is 1. The number of amides is 1. The number of benzene rings is 1. The lowest BCUT2D eigenvalue weighted by Gasteiger charge is -2.43. The van der Waals surface area contributed by atoms with Crippen LogP contribution in [0.4, 0.5) is 5.82 Å². The fraction of sp³-hybridized carbons (Fsp3) is 0.630. The molecule has 4 heterocycles. The standard InChI is InChI=1S/C27H34ClN3O4/c1-26(16-35-15-23(26)32)31-6-2-17(3-7-31)20-10-18-12-24(29-14-19(18)11-22(20)28)30-25(33)21-13-27(21)4-8-34-9-5-27/h10-12,14,17,21,23,32H,2-9,13,15-16H2,1H3,(H,29,30,33)/t21-,23-,26+/m1/s1. The van der Waals surface area contributed by atoms with E-state index in [1.165, 1.54) is 0 Å². The van der Waals surface area contributed by atoms with Crippen molar-refractivity contribution in [3.8, 4) is 0 Å². The van der Waals surface area contributed by atoms with E-state index in [1.54, 1.807) is 6.20 Å². The molecule has 0 unspecified atom stereocenters. The number of nitrogens with one attached hydrogen (secondary N) is 1. The lowest BCUT2D eigenvalue weighted by atomic mass is 9.85. The van der Waals surface area contributed by atoms with Gasteiger partial charge in [0.05, 0.1) is 24.9 Å². The number of nitrogens with zero attached hydrogens (tertiary/aromatic N) is 2. The van der Waals surface area contributed by atoms with Crippen LogP contribution in [-0.2, 0) is 14.3 Å². The number of rotatable bonds is 4. The van der Waals surface area contributed by atoms with Gasteiger partial charge in [-0.05, 0) is 92.6 Å². The third-order valence-electron chi connectivity index (χ3n) is 9.13. The van der Waals surface area contributed by atoms with Crippen LogP contribution in [0.1, 0.15) is 50.5 Å². The molecular formula is C27H34ClN3O4. The molecule has 1 aromatic carbocycles. The maximum atomic E-state index is 12.9. The summed E-state index contributed by atoms with van der Waals surface area (Å²) in [6.45, 7) is 6.41. The zero-order chi connectivity index (χ0) is 24.2. The fourth-order valence-electron chi connectivity index (χ4n) is 6.48. The van der Waals surface area contributed by atoms with Crippen molar-refractivity contribution in [1.29, 1.82) is 0 Å². The number of likely N-dealkylation sites (tertiary alicyclic amines) is 1. The first-order valence-electron chi connectivity index (χ1n) is 12.9. The normalized spacial score (nSPS) is 31.2. The molecule has 0 radical (unpaired) electrons. The summed E-state index contributed by atoms with van der Waals surface area (Å²) in [4.78, 5) is 19.8. The first-order chi connectivity index (χ1) is 16.9. The van der Waals surface area contributed by atoms with E-state index in [2.05, 4.69) is 28.2 Å². The van der Waals surface area contributed by atoms with E-state index in [-0.39, 0.29) is 22.8 Å². The number of hydrogen-bond donors (Lipinski definition) is 2. The largest absolute Gasteiger partial charge is 0.389 e. The molecule has 188 valence electrons. The lowest BCUT2D eigenvalue weighted by molar-refractivity contribution is -0.118. The van der Waals surface area contributed by atoms with E-state index in [1.807, 2.05) is 12.1 Å². The van der Waals surface area contributed by atoms with Crippen molar-refractivity contribution in [1.82, 2.24) is 9.88 Å². The second-order valence-corrected chi connectivity index (χ2v) is 11.6. The second kappa shape index (κ2) is 8.96. The molecule has 3 aliphatic heterocycles. The molecule has 1 spiro atoms. The minimum atomic E-state index is -0.443. The summed E-state index contributed by atoms with van der Waals surface area (Å²) in [5, 5.41) is 16.3. The highest BCUT2D eigenvalue weighted by Gasteiger charge is 2.58. The van der Waals surface area contributed by atoms with Gasteiger partial charge < -0.3 is 19.9 Å². The molecule has 0 bridgehead atoms. The Hall–Kier alpha value is -1.77. The van der Waals surface area contributed by atoms with Crippen molar-refractivity contribution in [2.75, 3.05) is 44.8 Å². The van der Waals surface area contributed by atoms with Crippen LogP contribution in [0.15, 0.2) is 24.4 Å². The molecule has 6 rings (SSSR count). The van der Waals surface area contributed by atoms with Gasteiger partial charge in [-0.25, -0.2) is 4.98 Å². The number of fused-ring (bicyclic) bond motifs is 1. The topological polar surface area (TPSA) is 83.9 Å². The Balaban J connectivity index is 1.15. The number of hydrogen-bond acceptors (Lipinski definition) is 6. The number of carbonyl (C=O) groups excluding carboxylic acids is 1. The van der Waals surface area contributed by atoms with Crippen LogP contribution < -0.4 is 5.32 Å². The van der Waals surface area contributed by atoms with Gasteiger partial charge in [0.25, 0.3) is 0 Å². The molecule has 2 N–H and O–H groups in total. The SMILES string of the molecule is C[C@]1(N2CCC(c3cc4cc(NC(=O)[C@H]5CC56CCOCC6)ncc4cc3Cl)CC2)COC[C@H]1O. The van der Waals surface area contributed by atoms with Gasteiger partial charge in [0.15, 0.2) is 0 Å². The highest BCUT2D eigenvalue weighted by atomic mass is 35.5. The van der Waals surface area contributed by atoms with E-state index < -0.39 is 6.10 Å². The van der Waals surface area contributed by atoms with Gasteiger partial charge in [-0.3, -0.25) is 9.69 Å². The fourth-order valence-corrected chi connectivity index (χ4v) is 6.81. The molecule has 7 nitrogen and oxygen atoms in total. The molecule has 35 heavy (non-hydrogen) atoms. The molecule has 4 aliphatic rings. The van der Waals surface area contributed by atoms with E-state index in [9.17, 15) is 9.90 Å². The summed E-state index contributed by atoms with van der Waals surface area (Å²) >= 11 is 6.73. The van der Waals surface area contributed by atoms with Crippen LogP contribution in [0.2, 0.25) is 5.02 Å². The maximum Gasteiger partial charge on any atom is 0.229 e. The number of aliphatic hydroxyl groups is 1. The van der Waals surface area contributed by atoms with Crippen molar-refractivity contribution >= 4 is 34.1 Å². The molecule has 1 aromatic heterocycles. The smallest absolute Gasteiger partial charge is 0.229 e. The van der Waals surface area contributed by atoms with E-state index in [0.717, 1.165) is 79.8 Å². The third kappa shape index (κ3) is 4.25. The Labute approximate surface area is 211 Å². The van der Waals surface area contributed by atoms with Crippen LogP contribution in [0.5, 0.6) is 0 Å². The number of halogens is 1. The average Bonchev–Trinajstić information content (AvgIpc) is 3.44. The van der Waals surface area contributed by atoms with Crippen molar-refractivity contribution in [3.63, 3.8) is 0 Å². The highest BCUT2D eigenvalue weighted by Crippen LogP contribution is 2.59.